The molecule has 0 bridgehead atoms. The lowest BCUT2D eigenvalue weighted by Gasteiger charge is -2.34. The van der Waals surface area contributed by atoms with Gasteiger partial charge in [0.15, 0.2) is 11.5 Å². The molecule has 1 aliphatic heterocycles. The zero-order valence-corrected chi connectivity index (χ0v) is 19.0. The van der Waals surface area contributed by atoms with Gasteiger partial charge in [0.25, 0.3) is 0 Å². The summed E-state index contributed by atoms with van der Waals surface area (Å²) >= 11 is 0. The Morgan fingerprint density at radius 3 is 2.50 bits per heavy atom. The number of piperidine rings is 1. The second-order valence-electron chi connectivity index (χ2n) is 8.08. The largest absolute Gasteiger partial charge is 0.497 e. The van der Waals surface area contributed by atoms with E-state index in [0.29, 0.717) is 24.4 Å². The van der Waals surface area contributed by atoms with Gasteiger partial charge in [-0.05, 0) is 74.2 Å². The molecule has 0 radical (unpaired) electrons. The summed E-state index contributed by atoms with van der Waals surface area (Å²) in [6.45, 7) is 1.73. The summed E-state index contributed by atoms with van der Waals surface area (Å²) in [7, 11) is 4.99. The van der Waals surface area contributed by atoms with Gasteiger partial charge in [0.1, 0.15) is 5.75 Å². The van der Waals surface area contributed by atoms with Gasteiger partial charge in [0, 0.05) is 11.6 Å². The fourth-order valence-electron chi connectivity index (χ4n) is 4.31. The molecule has 4 rings (SSSR count). The minimum atomic E-state index is 0.494. The van der Waals surface area contributed by atoms with Crippen LogP contribution in [0.3, 0.4) is 0 Å². The maximum atomic E-state index is 5.98. The molecule has 0 spiro atoms. The van der Waals surface area contributed by atoms with Crippen LogP contribution in [0.15, 0.2) is 46.9 Å². The van der Waals surface area contributed by atoms with E-state index in [1.54, 1.807) is 21.3 Å². The fraction of sp³-hybridized carbons (Fsp3) is 0.440. The predicted octanol–water partition coefficient (Wildman–Crippen LogP) is 4.75. The third-order valence-corrected chi connectivity index (χ3v) is 6.11. The van der Waals surface area contributed by atoms with Crippen LogP contribution in [-0.2, 0) is 13.0 Å². The Morgan fingerprint density at radius 1 is 0.938 bits per heavy atom. The van der Waals surface area contributed by atoms with E-state index in [4.69, 9.17) is 18.6 Å². The van der Waals surface area contributed by atoms with Crippen LogP contribution >= 0.6 is 0 Å². The van der Waals surface area contributed by atoms with E-state index in [1.165, 1.54) is 24.8 Å². The molecule has 1 atom stereocenters. The molecule has 7 nitrogen and oxygen atoms in total. The number of benzene rings is 2. The van der Waals surface area contributed by atoms with E-state index >= 15 is 0 Å². The van der Waals surface area contributed by atoms with Crippen molar-refractivity contribution in [3.8, 4) is 28.7 Å². The van der Waals surface area contributed by atoms with Crippen molar-refractivity contribution in [2.75, 3.05) is 27.9 Å². The topological polar surface area (TPSA) is 69.9 Å². The number of hydrogen-bond acceptors (Lipinski definition) is 7. The Morgan fingerprint density at radius 2 is 1.75 bits per heavy atom. The molecule has 0 aliphatic carbocycles. The summed E-state index contributed by atoms with van der Waals surface area (Å²) < 4.78 is 22.0. The van der Waals surface area contributed by atoms with Gasteiger partial charge in [-0.15, -0.1) is 10.2 Å². The van der Waals surface area contributed by atoms with Gasteiger partial charge in [-0.1, -0.05) is 12.5 Å². The molecule has 3 aromatic rings. The molecular weight excluding hydrogens is 406 g/mol. The van der Waals surface area contributed by atoms with E-state index in [1.807, 2.05) is 30.3 Å². The van der Waals surface area contributed by atoms with Gasteiger partial charge in [0.2, 0.25) is 11.8 Å². The highest BCUT2D eigenvalue weighted by molar-refractivity contribution is 5.53. The highest BCUT2D eigenvalue weighted by Gasteiger charge is 2.24. The maximum absolute atomic E-state index is 5.98. The molecular formula is C25H31N3O4. The molecule has 7 heteroatoms. The average molecular weight is 438 g/mol. The van der Waals surface area contributed by atoms with E-state index in [9.17, 15) is 0 Å². The van der Waals surface area contributed by atoms with Crippen molar-refractivity contribution < 1.29 is 18.6 Å². The van der Waals surface area contributed by atoms with Crippen LogP contribution in [0, 0.1) is 0 Å². The Hall–Kier alpha value is -3.06. The lowest BCUT2D eigenvalue weighted by Crippen LogP contribution is -2.39. The molecule has 170 valence electrons. The van der Waals surface area contributed by atoms with Crippen molar-refractivity contribution in [1.29, 1.82) is 0 Å². The number of methoxy groups -OCH3 is 3. The van der Waals surface area contributed by atoms with Gasteiger partial charge >= 0.3 is 0 Å². The summed E-state index contributed by atoms with van der Waals surface area (Å²) in [6, 6.07) is 14.3. The van der Waals surface area contributed by atoms with Crippen LogP contribution in [-0.4, -0.2) is 49.0 Å². The number of nitrogens with zero attached hydrogens (tertiary/aromatic N) is 3. The van der Waals surface area contributed by atoms with Gasteiger partial charge in [0.05, 0.1) is 27.9 Å². The van der Waals surface area contributed by atoms with E-state index < -0.39 is 0 Å². The number of likely N-dealkylation sites (tertiary alicyclic amines) is 1. The number of aryl methyl sites for hydroxylation is 1. The number of rotatable bonds is 9. The molecule has 1 aliphatic rings. The Kier molecular flexibility index (Phi) is 7.27. The Labute approximate surface area is 189 Å². The molecule has 1 unspecified atom stereocenters. The normalized spacial score (nSPS) is 16.7. The average Bonchev–Trinajstić information content (AvgIpc) is 3.31. The van der Waals surface area contributed by atoms with Crippen molar-refractivity contribution >= 4 is 0 Å². The van der Waals surface area contributed by atoms with Crippen LogP contribution in [0.5, 0.6) is 17.2 Å². The van der Waals surface area contributed by atoms with E-state index in [0.717, 1.165) is 42.2 Å². The lowest BCUT2D eigenvalue weighted by molar-refractivity contribution is 0.121. The van der Waals surface area contributed by atoms with Gasteiger partial charge in [-0.25, -0.2) is 0 Å². The SMILES string of the molecule is COc1ccc(-c2nnc(CN3CCCCC3CCc3ccc(OC)c(OC)c3)o2)cc1. The molecule has 1 aromatic heterocycles. The smallest absolute Gasteiger partial charge is 0.247 e. The van der Waals surface area contributed by atoms with Crippen LogP contribution < -0.4 is 14.2 Å². The zero-order chi connectivity index (χ0) is 22.3. The lowest BCUT2D eigenvalue weighted by atomic mass is 9.95. The molecule has 2 aromatic carbocycles. The van der Waals surface area contributed by atoms with Crippen LogP contribution in [0.25, 0.3) is 11.5 Å². The second-order valence-corrected chi connectivity index (χ2v) is 8.08. The number of aromatic nitrogens is 2. The van der Waals surface area contributed by atoms with Gasteiger partial charge in [-0.2, -0.15) is 0 Å². The maximum Gasteiger partial charge on any atom is 0.247 e. The first-order valence-electron chi connectivity index (χ1n) is 11.1. The van der Waals surface area contributed by atoms with Crippen molar-refractivity contribution in [2.24, 2.45) is 0 Å². The summed E-state index contributed by atoms with van der Waals surface area (Å²) in [5.74, 6) is 3.55. The third-order valence-electron chi connectivity index (χ3n) is 6.11. The number of hydrogen-bond donors (Lipinski definition) is 0. The quantitative estimate of drug-likeness (QED) is 0.478. The zero-order valence-electron chi connectivity index (χ0n) is 19.0. The van der Waals surface area contributed by atoms with Crippen LogP contribution in [0.1, 0.15) is 37.1 Å². The van der Waals surface area contributed by atoms with Crippen molar-refractivity contribution in [2.45, 2.75) is 44.7 Å². The van der Waals surface area contributed by atoms with Crippen LogP contribution in [0.2, 0.25) is 0 Å². The molecule has 1 fully saturated rings. The first kappa shape index (κ1) is 22.1. The molecule has 1 saturated heterocycles. The van der Waals surface area contributed by atoms with E-state index in [2.05, 4.69) is 27.2 Å². The number of ether oxygens (including phenoxy) is 3. The summed E-state index contributed by atoms with van der Waals surface area (Å²) in [5, 5.41) is 8.56. The fourth-order valence-corrected chi connectivity index (χ4v) is 4.31. The van der Waals surface area contributed by atoms with Crippen molar-refractivity contribution in [1.82, 2.24) is 15.1 Å². The third kappa shape index (κ3) is 5.22. The van der Waals surface area contributed by atoms with Gasteiger partial charge < -0.3 is 18.6 Å². The highest BCUT2D eigenvalue weighted by Crippen LogP contribution is 2.30. The van der Waals surface area contributed by atoms with Crippen molar-refractivity contribution in [3.63, 3.8) is 0 Å². The molecule has 0 N–H and O–H groups in total. The van der Waals surface area contributed by atoms with Crippen LogP contribution in [0.4, 0.5) is 0 Å². The first-order valence-corrected chi connectivity index (χ1v) is 11.1. The molecule has 32 heavy (non-hydrogen) atoms. The standard InChI is InChI=1S/C25H31N3O4/c1-29-21-12-9-19(10-13-21)25-27-26-24(32-25)17-28-15-5-4-6-20(28)11-7-18-8-14-22(30-2)23(16-18)31-3/h8-10,12-14,16,20H,4-7,11,15,17H2,1-3H3. The highest BCUT2D eigenvalue weighted by atomic mass is 16.5. The Balaban J connectivity index is 1.39. The minimum absolute atomic E-state index is 0.494. The first-order chi connectivity index (χ1) is 15.7. The predicted molar refractivity (Wildman–Crippen MR) is 122 cm³/mol. The van der Waals surface area contributed by atoms with Gasteiger partial charge in [-0.3, -0.25) is 4.90 Å². The van der Waals surface area contributed by atoms with Crippen molar-refractivity contribution in [3.05, 3.63) is 53.9 Å². The molecule has 0 saturated carbocycles. The summed E-state index contributed by atoms with van der Waals surface area (Å²) in [6.07, 6.45) is 5.71. The van der Waals surface area contributed by atoms with E-state index in [-0.39, 0.29) is 0 Å². The molecule has 0 amide bonds. The minimum Gasteiger partial charge on any atom is -0.497 e. The summed E-state index contributed by atoms with van der Waals surface area (Å²) in [5.41, 5.74) is 2.15. The molecule has 2 heterocycles. The second kappa shape index (κ2) is 10.5. The Bertz CT molecular complexity index is 1000. The monoisotopic (exact) mass is 437 g/mol. The summed E-state index contributed by atoms with van der Waals surface area (Å²) in [4.78, 5) is 2.48.